The van der Waals surface area contributed by atoms with E-state index in [-0.39, 0.29) is 17.5 Å². The molecule has 6 atom stereocenters. The van der Waals surface area contributed by atoms with E-state index in [1.807, 2.05) is 4.90 Å². The number of nitrogens with one attached hydrogen (secondary N) is 1. The van der Waals surface area contributed by atoms with Crippen LogP contribution in [-0.2, 0) is 41.2 Å². The maximum absolute atomic E-state index is 12.4. The maximum atomic E-state index is 12.4. The predicted octanol–water partition coefficient (Wildman–Crippen LogP) is 0.160. The van der Waals surface area contributed by atoms with Gasteiger partial charge in [0.25, 0.3) is 0 Å². The molecule has 22 nitrogen and oxygen atoms in total. The third-order valence-electron chi connectivity index (χ3n) is 7.23. The monoisotopic (exact) mass is 761 g/mol. The molecule has 0 aliphatic carbocycles. The van der Waals surface area contributed by atoms with E-state index in [4.69, 9.17) is 14.5 Å². The number of imidazole rings is 1. The third kappa shape index (κ3) is 12.7. The van der Waals surface area contributed by atoms with Crippen molar-refractivity contribution in [1.82, 2.24) is 29.7 Å². The van der Waals surface area contributed by atoms with E-state index in [1.54, 1.807) is 19.0 Å². The van der Waals surface area contributed by atoms with Crippen molar-refractivity contribution < 1.29 is 71.0 Å². The van der Waals surface area contributed by atoms with Gasteiger partial charge >= 0.3 is 23.5 Å². The van der Waals surface area contributed by atoms with Crippen molar-refractivity contribution in [1.29, 1.82) is 0 Å². The number of unbranched alkanes of at least 4 members (excludes halogenated alkanes) is 3. The summed E-state index contributed by atoms with van der Waals surface area (Å²) in [6.45, 7) is 2.20. The first-order chi connectivity index (χ1) is 22.8. The molecule has 2 aromatic heterocycles. The Labute approximate surface area is 280 Å². The highest BCUT2D eigenvalue weighted by molar-refractivity contribution is 7.66. The Morgan fingerprint density at radius 1 is 0.939 bits per heavy atom. The number of carbonyl (C=O) groups is 2. The summed E-state index contributed by atoms with van der Waals surface area (Å²) in [5, 5.41) is 23.9. The number of fused-ring (bicyclic) bond motifs is 1. The van der Waals surface area contributed by atoms with Gasteiger partial charge in [0.2, 0.25) is 11.8 Å². The molecule has 49 heavy (non-hydrogen) atoms. The van der Waals surface area contributed by atoms with Crippen molar-refractivity contribution in [2.75, 3.05) is 45.2 Å². The first kappa shape index (κ1) is 41.0. The number of phosphoric acid groups is 3. The Kier molecular flexibility index (Phi) is 14.8. The zero-order valence-electron chi connectivity index (χ0n) is 26.9. The fourth-order valence-corrected chi connectivity index (χ4v) is 7.86. The van der Waals surface area contributed by atoms with E-state index in [2.05, 4.69) is 33.4 Å². The molecule has 1 aliphatic heterocycles. The largest absolute Gasteiger partial charge is 0.490 e. The number of phosphoric ester groups is 1. The van der Waals surface area contributed by atoms with Crippen LogP contribution in [0.3, 0.4) is 0 Å². The summed E-state index contributed by atoms with van der Waals surface area (Å²) in [6.07, 6.45) is 0.651. The smallest absolute Gasteiger partial charge is 0.387 e. The minimum absolute atomic E-state index is 0.0497. The van der Waals surface area contributed by atoms with Crippen molar-refractivity contribution in [3.63, 3.8) is 0 Å². The molecule has 0 aromatic carbocycles. The highest BCUT2D eigenvalue weighted by Crippen LogP contribution is 2.66. The number of aliphatic hydroxyl groups is 2. The fraction of sp³-hybridized carbons (Fsp3) is 0.708. The van der Waals surface area contributed by atoms with Crippen molar-refractivity contribution >= 4 is 52.3 Å². The summed E-state index contributed by atoms with van der Waals surface area (Å²) in [4.78, 5) is 76.0. The lowest BCUT2D eigenvalue weighted by Crippen LogP contribution is -2.33. The zero-order valence-corrected chi connectivity index (χ0v) is 29.6. The number of ether oxygens (including phenoxy) is 1. The molecule has 25 heteroatoms. The van der Waals surface area contributed by atoms with E-state index in [1.165, 1.54) is 24.1 Å². The summed E-state index contributed by atoms with van der Waals surface area (Å²) >= 11 is 0. The number of rotatable bonds is 20. The fourth-order valence-electron chi connectivity index (χ4n) is 4.83. The third-order valence-corrected chi connectivity index (χ3v) is 11.0. The van der Waals surface area contributed by atoms with E-state index in [0.717, 1.165) is 25.7 Å². The van der Waals surface area contributed by atoms with Gasteiger partial charge in [-0.15, -0.1) is 0 Å². The van der Waals surface area contributed by atoms with Gasteiger partial charge in [0, 0.05) is 47.1 Å². The summed E-state index contributed by atoms with van der Waals surface area (Å²) < 4.78 is 53.2. The minimum Gasteiger partial charge on any atom is -0.387 e. The number of nitrogens with zero attached hydrogens (tertiary/aromatic N) is 6. The molecule has 0 spiro atoms. The van der Waals surface area contributed by atoms with Crippen LogP contribution in [0.5, 0.6) is 0 Å². The molecule has 3 heterocycles. The lowest BCUT2D eigenvalue weighted by Gasteiger charge is -2.21. The van der Waals surface area contributed by atoms with Gasteiger partial charge in [0.05, 0.1) is 12.9 Å². The van der Waals surface area contributed by atoms with E-state index in [9.17, 15) is 43.3 Å². The minimum atomic E-state index is -5.75. The predicted molar refractivity (Wildman–Crippen MR) is 168 cm³/mol. The number of aromatic nitrogens is 4. The van der Waals surface area contributed by atoms with Gasteiger partial charge in [-0.3, -0.25) is 18.7 Å². The average Bonchev–Trinajstić information content (AvgIpc) is 3.53. The lowest BCUT2D eigenvalue weighted by atomic mass is 10.1. The molecule has 0 radical (unpaired) electrons. The van der Waals surface area contributed by atoms with Crippen LogP contribution >= 0.6 is 23.5 Å². The Hall–Kier alpha value is -2.42. The van der Waals surface area contributed by atoms with E-state index >= 15 is 0 Å². The molecule has 1 saturated heterocycles. The highest BCUT2D eigenvalue weighted by Gasteiger charge is 2.47. The molecule has 0 bridgehead atoms. The van der Waals surface area contributed by atoms with Crippen LogP contribution in [0, 0.1) is 0 Å². The zero-order chi connectivity index (χ0) is 36.6. The summed E-state index contributed by atoms with van der Waals surface area (Å²) in [5.74, 6) is 0.425. The van der Waals surface area contributed by atoms with Crippen LogP contribution in [0.4, 0.5) is 5.82 Å². The number of aliphatic hydroxyl groups excluding tert-OH is 2. The molecule has 2 aromatic rings. The summed E-state index contributed by atoms with van der Waals surface area (Å²) in [6, 6.07) is 0. The van der Waals surface area contributed by atoms with Gasteiger partial charge in [0.1, 0.15) is 24.6 Å². The quantitative estimate of drug-likeness (QED) is 0.0698. The molecule has 3 rings (SSSR count). The van der Waals surface area contributed by atoms with Gasteiger partial charge < -0.3 is 49.6 Å². The molecular weight excluding hydrogens is 719 g/mol. The number of hydrogen-bond acceptors (Lipinski definition) is 15. The normalized spacial score (nSPS) is 22.1. The molecular formula is C24H42N7O15P3. The van der Waals surface area contributed by atoms with Crippen LogP contribution in [0.1, 0.15) is 51.7 Å². The van der Waals surface area contributed by atoms with Gasteiger partial charge in [-0.1, -0.05) is 6.42 Å². The van der Waals surface area contributed by atoms with Crippen molar-refractivity contribution in [2.45, 2.75) is 70.0 Å². The molecule has 2 amide bonds. The Morgan fingerprint density at radius 2 is 1.63 bits per heavy atom. The lowest BCUT2D eigenvalue weighted by molar-refractivity contribution is -0.130. The number of carbonyl (C=O) groups excluding carboxylic acids is 2. The van der Waals surface area contributed by atoms with Crippen LogP contribution in [0.25, 0.3) is 11.2 Å². The molecule has 278 valence electrons. The van der Waals surface area contributed by atoms with Gasteiger partial charge in [-0.25, -0.2) is 28.6 Å². The highest BCUT2D eigenvalue weighted by atomic mass is 31.3. The van der Waals surface area contributed by atoms with E-state index in [0.29, 0.717) is 43.8 Å². The van der Waals surface area contributed by atoms with Crippen LogP contribution in [0.15, 0.2) is 12.7 Å². The van der Waals surface area contributed by atoms with E-state index < -0.39 is 54.6 Å². The molecule has 2 unspecified atom stereocenters. The Bertz CT molecular complexity index is 1580. The number of anilines is 1. The average molecular weight is 762 g/mol. The first-order valence-electron chi connectivity index (χ1n) is 15.0. The van der Waals surface area contributed by atoms with Crippen LogP contribution in [0.2, 0.25) is 0 Å². The molecule has 1 aliphatic rings. The van der Waals surface area contributed by atoms with Gasteiger partial charge in [0.15, 0.2) is 23.2 Å². The Balaban J connectivity index is 1.53. The molecule has 1 fully saturated rings. The standard InChI is InChI=1S/C24H42N7O15P3/c1-16(32)25-10-6-4-5-9-18(33)29(2)11-7-8-12-30(3)22-19-23(27-14-26-22)31(15-28-19)24-21(35)20(34)17(44-24)13-43-48(39,40)46-49(41,42)45-47(36,37)38/h14-15,17,20-21,24,34-35H,4-13H2,1-3H3,(H,25,32)(H,39,40)(H,41,42)(H2,36,37,38)/t17-,20-,21-,24-/m1/s1. The first-order valence-corrected chi connectivity index (χ1v) is 19.5. The van der Waals surface area contributed by atoms with Crippen LogP contribution < -0.4 is 10.2 Å². The second-order valence-corrected chi connectivity index (χ2v) is 15.6. The number of amides is 2. The SMILES string of the molecule is CC(=O)NCCCCCC(=O)N(C)CCCCN(C)c1ncnc2c1ncn2[C@@H]1O[C@H](COP(=O)(O)OP(=O)(O)OP(=O)(O)O)[C@@H](O)[C@H]1O. The summed E-state index contributed by atoms with van der Waals surface area (Å²) in [7, 11) is -13.3. The molecule has 0 saturated carbocycles. The maximum Gasteiger partial charge on any atom is 0.490 e. The topological polar surface area (TPSA) is 306 Å². The second kappa shape index (κ2) is 17.7. The number of hydrogen-bond donors (Lipinski definition) is 7. The van der Waals surface area contributed by atoms with Crippen LogP contribution in [-0.4, -0.2) is 125 Å². The summed E-state index contributed by atoms with van der Waals surface area (Å²) in [5.41, 5.74) is 0.543. The van der Waals surface area contributed by atoms with Gasteiger partial charge in [-0.2, -0.15) is 8.62 Å². The van der Waals surface area contributed by atoms with Gasteiger partial charge in [-0.05, 0) is 25.7 Å². The molecule has 7 N–H and O–H groups in total. The second-order valence-electron chi connectivity index (χ2n) is 11.2. The van der Waals surface area contributed by atoms with Crippen molar-refractivity contribution in [2.24, 2.45) is 0 Å². The van der Waals surface area contributed by atoms with Crippen molar-refractivity contribution in [3.05, 3.63) is 12.7 Å². The Morgan fingerprint density at radius 3 is 2.31 bits per heavy atom. The van der Waals surface area contributed by atoms with Crippen molar-refractivity contribution in [3.8, 4) is 0 Å².